The Hall–Kier alpha value is -1.86. The molecule has 0 amide bonds. The number of nitrogens with zero attached hydrogens (tertiary/aromatic N) is 1. The van der Waals surface area contributed by atoms with E-state index >= 15 is 0 Å². The molecule has 0 aromatic heterocycles. The molecule has 2 aliphatic rings. The zero-order chi connectivity index (χ0) is 15.1. The van der Waals surface area contributed by atoms with Gasteiger partial charge in [-0.25, -0.2) is 0 Å². The normalized spacial score (nSPS) is 29.4. The van der Waals surface area contributed by atoms with Crippen LogP contribution in [0, 0.1) is 11.8 Å². The lowest BCUT2D eigenvalue weighted by molar-refractivity contribution is -0.141. The molecule has 2 fully saturated rings. The first-order valence-corrected chi connectivity index (χ1v) is 6.08. The number of carbonyl (C=O) groups excluding carboxylic acids is 2. The summed E-state index contributed by atoms with van der Waals surface area (Å²) in [6, 6.07) is 0. The smallest absolute Gasteiger partial charge is 0.431 e. The fourth-order valence-electron chi connectivity index (χ4n) is 2.28. The third kappa shape index (κ3) is 2.54. The number of rotatable bonds is 3. The van der Waals surface area contributed by atoms with E-state index in [-0.39, 0.29) is 17.9 Å². The largest absolute Gasteiger partial charge is 0.465 e. The van der Waals surface area contributed by atoms with Crippen molar-refractivity contribution in [2.75, 3.05) is 13.2 Å². The summed E-state index contributed by atoms with van der Waals surface area (Å²) >= 11 is 0. The van der Waals surface area contributed by atoms with E-state index in [1.165, 1.54) is 0 Å². The lowest BCUT2D eigenvalue weighted by Crippen LogP contribution is -2.26. The van der Waals surface area contributed by atoms with Crippen LogP contribution < -0.4 is 5.73 Å². The van der Waals surface area contributed by atoms with E-state index in [1.54, 1.807) is 6.92 Å². The third-order valence-electron chi connectivity index (χ3n) is 3.25. The molecule has 2 rings (SSSR count). The van der Waals surface area contributed by atoms with Gasteiger partial charge in [0.25, 0.3) is 0 Å². The van der Waals surface area contributed by atoms with Gasteiger partial charge in [-0.05, 0) is 19.3 Å². The summed E-state index contributed by atoms with van der Waals surface area (Å²) in [5.74, 6) is -2.14. The lowest BCUT2D eigenvalue weighted by atomic mass is 10.1. The summed E-state index contributed by atoms with van der Waals surface area (Å²) in [4.78, 5) is 26.7. The highest BCUT2D eigenvalue weighted by molar-refractivity contribution is 6.51. The summed E-state index contributed by atoms with van der Waals surface area (Å²) in [6.07, 6.45) is -4.35. The molecule has 20 heavy (non-hydrogen) atoms. The highest BCUT2D eigenvalue weighted by Crippen LogP contribution is 2.53. The van der Waals surface area contributed by atoms with Crippen molar-refractivity contribution in [1.82, 2.24) is 0 Å². The summed E-state index contributed by atoms with van der Waals surface area (Å²) in [7, 11) is 0. The van der Waals surface area contributed by atoms with Gasteiger partial charge in [0.15, 0.2) is 5.78 Å². The Balaban J connectivity index is 2.29. The van der Waals surface area contributed by atoms with E-state index in [1.807, 2.05) is 0 Å². The van der Waals surface area contributed by atoms with Crippen LogP contribution in [0.1, 0.15) is 13.3 Å². The number of fused-ring (bicyclic) bond motifs is 1. The van der Waals surface area contributed by atoms with Crippen LogP contribution in [-0.2, 0) is 14.3 Å². The first kappa shape index (κ1) is 14.5. The topological polar surface area (TPSA) is 81.8 Å². The second kappa shape index (κ2) is 4.92. The third-order valence-corrected chi connectivity index (χ3v) is 3.25. The molecule has 2 N–H and O–H groups in total. The fraction of sp³-hybridized carbons (Fsp3) is 0.583. The van der Waals surface area contributed by atoms with E-state index in [4.69, 9.17) is 5.73 Å². The van der Waals surface area contributed by atoms with Crippen molar-refractivity contribution in [3.63, 3.8) is 0 Å². The average Bonchev–Trinajstić information content (AvgIpc) is 3.07. The van der Waals surface area contributed by atoms with Gasteiger partial charge in [-0.2, -0.15) is 13.2 Å². The quantitative estimate of drug-likeness (QED) is 0.786. The number of nitrogens with two attached hydrogens (primary N) is 1. The van der Waals surface area contributed by atoms with E-state index in [0.29, 0.717) is 6.42 Å². The molecule has 0 radical (unpaired) electrons. The van der Waals surface area contributed by atoms with Crippen LogP contribution >= 0.6 is 0 Å². The van der Waals surface area contributed by atoms with Gasteiger partial charge in [0.05, 0.1) is 6.61 Å². The molecule has 2 saturated carbocycles. The predicted molar refractivity (Wildman–Crippen MR) is 62.8 cm³/mol. The van der Waals surface area contributed by atoms with Gasteiger partial charge < -0.3 is 10.5 Å². The van der Waals surface area contributed by atoms with Crippen LogP contribution in [0.5, 0.6) is 0 Å². The zero-order valence-electron chi connectivity index (χ0n) is 10.7. The highest BCUT2D eigenvalue weighted by Gasteiger charge is 2.58. The number of hydrogen-bond donors (Lipinski definition) is 1. The number of aliphatic imine (C=N–C) groups is 1. The average molecular weight is 290 g/mol. The molecule has 0 spiro atoms. The predicted octanol–water partition coefficient (Wildman–Crippen LogP) is 0.984. The second-order valence-corrected chi connectivity index (χ2v) is 4.61. The molecule has 1 unspecified atom stereocenters. The van der Waals surface area contributed by atoms with Crippen molar-refractivity contribution in [2.45, 2.75) is 19.5 Å². The lowest BCUT2D eigenvalue weighted by Gasteiger charge is -2.12. The molecule has 0 saturated heterocycles. The van der Waals surface area contributed by atoms with Gasteiger partial charge in [0.2, 0.25) is 0 Å². The van der Waals surface area contributed by atoms with Crippen molar-refractivity contribution < 1.29 is 27.5 Å². The summed E-state index contributed by atoms with van der Waals surface area (Å²) in [5, 5.41) is 0. The maximum atomic E-state index is 12.7. The number of halogens is 3. The summed E-state index contributed by atoms with van der Waals surface area (Å²) in [5.41, 5.74) is 3.21. The molecule has 110 valence electrons. The van der Waals surface area contributed by atoms with Crippen molar-refractivity contribution in [3.05, 3.63) is 11.3 Å². The van der Waals surface area contributed by atoms with Crippen LogP contribution in [0.3, 0.4) is 0 Å². The van der Waals surface area contributed by atoms with E-state index in [2.05, 4.69) is 9.73 Å². The molecule has 0 aliphatic heterocycles. The summed E-state index contributed by atoms with van der Waals surface area (Å²) in [6.45, 7) is 1.24. The standard InChI is InChI=1S/C12H13F3N2O3/c1-2-20-7(18)4-17-9-8(11(16)12(13,14)15)5-3-6(5)10(9)19/h5-6H,2-4,16H2,1H3/b11-8-,17-9?/t5?,6-/m1/s1. The molecule has 2 atom stereocenters. The van der Waals surface area contributed by atoms with Crippen LogP contribution in [-0.4, -0.2) is 36.8 Å². The number of carbonyl (C=O) groups is 2. The Morgan fingerprint density at radius 1 is 1.45 bits per heavy atom. The number of alkyl halides is 3. The molecule has 0 heterocycles. The molecule has 5 nitrogen and oxygen atoms in total. The fourth-order valence-corrected chi connectivity index (χ4v) is 2.28. The molecule has 8 heteroatoms. The van der Waals surface area contributed by atoms with E-state index in [9.17, 15) is 22.8 Å². The molecular formula is C12H13F3N2O3. The van der Waals surface area contributed by atoms with Gasteiger partial charge >= 0.3 is 12.1 Å². The van der Waals surface area contributed by atoms with Crippen LogP contribution in [0.4, 0.5) is 13.2 Å². The molecule has 2 aliphatic carbocycles. The maximum absolute atomic E-state index is 12.7. The maximum Gasteiger partial charge on any atom is 0.431 e. The van der Waals surface area contributed by atoms with Crippen molar-refractivity contribution in [1.29, 1.82) is 0 Å². The Labute approximate surface area is 112 Å². The first-order valence-electron chi connectivity index (χ1n) is 6.08. The minimum atomic E-state index is -4.71. The van der Waals surface area contributed by atoms with Crippen molar-refractivity contribution in [3.8, 4) is 0 Å². The zero-order valence-corrected chi connectivity index (χ0v) is 10.7. The monoisotopic (exact) mass is 290 g/mol. The van der Waals surface area contributed by atoms with Gasteiger partial charge in [0, 0.05) is 11.5 Å². The van der Waals surface area contributed by atoms with E-state index in [0.717, 1.165) is 0 Å². The highest BCUT2D eigenvalue weighted by atomic mass is 19.4. The SMILES string of the molecule is CCOC(=O)CN=C1C(=O)[C@@H]2CC2/C1=C(/N)C(F)(F)F. The summed E-state index contributed by atoms with van der Waals surface area (Å²) < 4.78 is 42.6. The number of hydrogen-bond acceptors (Lipinski definition) is 5. The Morgan fingerprint density at radius 3 is 2.65 bits per heavy atom. The number of esters is 1. The number of ether oxygens (including phenoxy) is 1. The molecule has 0 aromatic carbocycles. The molecule has 0 bridgehead atoms. The molecular weight excluding hydrogens is 277 g/mol. The minimum absolute atomic E-state index is 0.135. The first-order chi connectivity index (χ1) is 9.27. The minimum Gasteiger partial charge on any atom is -0.465 e. The number of Topliss-reactive ketones (excluding diaryl/α,β-unsaturated/α-hetero) is 1. The van der Waals surface area contributed by atoms with E-state index < -0.39 is 42.0 Å². The van der Waals surface area contributed by atoms with Gasteiger partial charge in [-0.1, -0.05) is 0 Å². The molecule has 0 aromatic rings. The van der Waals surface area contributed by atoms with Gasteiger partial charge in [0.1, 0.15) is 18.0 Å². The van der Waals surface area contributed by atoms with Crippen LogP contribution in [0.2, 0.25) is 0 Å². The Morgan fingerprint density at radius 2 is 2.10 bits per heavy atom. The number of allylic oxidation sites excluding steroid dienone is 2. The Bertz CT molecular complexity index is 523. The van der Waals surface area contributed by atoms with Crippen LogP contribution in [0.15, 0.2) is 16.3 Å². The van der Waals surface area contributed by atoms with Gasteiger partial charge in [-0.15, -0.1) is 0 Å². The van der Waals surface area contributed by atoms with Crippen molar-refractivity contribution >= 4 is 17.5 Å². The van der Waals surface area contributed by atoms with Crippen molar-refractivity contribution in [2.24, 2.45) is 22.6 Å². The number of ketones is 1. The van der Waals surface area contributed by atoms with Crippen LogP contribution in [0.25, 0.3) is 0 Å². The Kier molecular flexibility index (Phi) is 3.58. The second-order valence-electron chi connectivity index (χ2n) is 4.61. The van der Waals surface area contributed by atoms with Gasteiger partial charge in [-0.3, -0.25) is 14.6 Å².